The third-order valence-electron chi connectivity index (χ3n) is 4.76. The second-order valence-corrected chi connectivity index (χ2v) is 6.03. The lowest BCUT2D eigenvalue weighted by molar-refractivity contribution is 0.204. The fourth-order valence-electron chi connectivity index (χ4n) is 3.03. The van der Waals surface area contributed by atoms with Gasteiger partial charge in [0.05, 0.1) is 6.54 Å². The average molecular weight is 278 g/mol. The zero-order valence-electron chi connectivity index (χ0n) is 13.0. The molecule has 1 unspecified atom stereocenters. The number of aromatic amines is 1. The number of amides is 2. The summed E-state index contributed by atoms with van der Waals surface area (Å²) in [7, 11) is 1.80. The van der Waals surface area contributed by atoms with Gasteiger partial charge in [-0.25, -0.2) is 9.78 Å². The molecule has 5 nitrogen and oxygen atoms in total. The molecule has 112 valence electrons. The molecule has 1 fully saturated rings. The standard InChI is InChI=1S/C15H26N4O/c1-5-15(6-2)7-12(15)9-17-14(20)19(4)10-13-16-8-11(3)18-13/h8,12H,5-7,9-10H2,1-4H3,(H,16,18)(H,17,20). The van der Waals surface area contributed by atoms with E-state index in [1.807, 2.05) is 6.92 Å². The van der Waals surface area contributed by atoms with Crippen LogP contribution in [0.5, 0.6) is 0 Å². The van der Waals surface area contributed by atoms with Crippen molar-refractivity contribution in [2.75, 3.05) is 13.6 Å². The number of aryl methyl sites for hydroxylation is 1. The van der Waals surface area contributed by atoms with Crippen molar-refractivity contribution < 1.29 is 4.79 Å². The number of hydrogen-bond acceptors (Lipinski definition) is 2. The van der Waals surface area contributed by atoms with Crippen molar-refractivity contribution in [1.29, 1.82) is 0 Å². The SMILES string of the molecule is CCC1(CC)CC1CNC(=O)N(C)Cc1ncc(C)[nH]1. The van der Waals surface area contributed by atoms with Gasteiger partial charge in [0.25, 0.3) is 0 Å². The lowest BCUT2D eigenvalue weighted by Crippen LogP contribution is -2.38. The number of urea groups is 1. The summed E-state index contributed by atoms with van der Waals surface area (Å²) in [5.41, 5.74) is 1.51. The topological polar surface area (TPSA) is 61.0 Å². The van der Waals surface area contributed by atoms with Crippen LogP contribution in [0.25, 0.3) is 0 Å². The van der Waals surface area contributed by atoms with Crippen molar-refractivity contribution >= 4 is 6.03 Å². The Bertz CT molecular complexity index is 464. The lowest BCUT2D eigenvalue weighted by atomic mass is 9.97. The van der Waals surface area contributed by atoms with Gasteiger partial charge in [-0.15, -0.1) is 0 Å². The molecule has 1 heterocycles. The third kappa shape index (κ3) is 3.14. The van der Waals surface area contributed by atoms with E-state index in [0.29, 0.717) is 17.9 Å². The third-order valence-corrected chi connectivity index (χ3v) is 4.76. The number of hydrogen-bond donors (Lipinski definition) is 2. The first-order chi connectivity index (χ1) is 9.50. The van der Waals surface area contributed by atoms with Gasteiger partial charge in [0.1, 0.15) is 5.82 Å². The Kier molecular flexibility index (Phi) is 4.35. The van der Waals surface area contributed by atoms with Crippen LogP contribution in [-0.2, 0) is 6.54 Å². The molecule has 1 atom stereocenters. The van der Waals surface area contributed by atoms with Crippen LogP contribution in [0.1, 0.15) is 44.6 Å². The van der Waals surface area contributed by atoms with Crippen LogP contribution in [0.15, 0.2) is 6.20 Å². The molecule has 2 rings (SSSR count). The molecule has 5 heteroatoms. The molecule has 20 heavy (non-hydrogen) atoms. The van der Waals surface area contributed by atoms with Crippen LogP contribution < -0.4 is 5.32 Å². The molecule has 0 bridgehead atoms. The van der Waals surface area contributed by atoms with E-state index < -0.39 is 0 Å². The predicted octanol–water partition coefficient (Wildman–Crippen LogP) is 2.69. The minimum absolute atomic E-state index is 0.0212. The highest BCUT2D eigenvalue weighted by atomic mass is 16.2. The zero-order valence-corrected chi connectivity index (χ0v) is 13.0. The summed E-state index contributed by atoms with van der Waals surface area (Å²) in [5, 5.41) is 3.04. The first-order valence-corrected chi connectivity index (χ1v) is 7.50. The van der Waals surface area contributed by atoms with E-state index >= 15 is 0 Å². The fourth-order valence-corrected chi connectivity index (χ4v) is 3.03. The van der Waals surface area contributed by atoms with Crippen LogP contribution in [0, 0.1) is 18.3 Å². The Morgan fingerprint density at radius 2 is 2.25 bits per heavy atom. The Morgan fingerprint density at radius 3 is 2.75 bits per heavy atom. The molecule has 1 aliphatic rings. The Labute approximate surface area is 121 Å². The number of imidazole rings is 1. The van der Waals surface area contributed by atoms with E-state index in [9.17, 15) is 4.79 Å². The highest BCUT2D eigenvalue weighted by molar-refractivity contribution is 5.73. The van der Waals surface area contributed by atoms with E-state index in [0.717, 1.165) is 18.1 Å². The van der Waals surface area contributed by atoms with Crippen LogP contribution in [-0.4, -0.2) is 34.5 Å². The van der Waals surface area contributed by atoms with E-state index in [1.54, 1.807) is 18.1 Å². The summed E-state index contributed by atoms with van der Waals surface area (Å²) in [6.45, 7) is 7.76. The van der Waals surface area contributed by atoms with Gasteiger partial charge < -0.3 is 15.2 Å². The second-order valence-electron chi connectivity index (χ2n) is 6.03. The summed E-state index contributed by atoms with van der Waals surface area (Å²) in [5.74, 6) is 1.48. The number of carbonyl (C=O) groups excluding carboxylic acids is 1. The van der Waals surface area contributed by atoms with Gasteiger partial charge in [0.15, 0.2) is 0 Å². The molecule has 1 saturated carbocycles. The number of nitrogens with zero attached hydrogens (tertiary/aromatic N) is 2. The lowest BCUT2D eigenvalue weighted by Gasteiger charge is -2.18. The Morgan fingerprint density at radius 1 is 1.55 bits per heavy atom. The number of H-pyrrole nitrogens is 1. The maximum absolute atomic E-state index is 12.0. The minimum Gasteiger partial charge on any atom is -0.345 e. The molecule has 2 N–H and O–H groups in total. The summed E-state index contributed by atoms with van der Waals surface area (Å²) >= 11 is 0. The summed E-state index contributed by atoms with van der Waals surface area (Å²) < 4.78 is 0. The Balaban J connectivity index is 1.75. The molecule has 1 aromatic heterocycles. The minimum atomic E-state index is -0.0212. The van der Waals surface area contributed by atoms with E-state index in [4.69, 9.17) is 0 Å². The van der Waals surface area contributed by atoms with E-state index in [1.165, 1.54) is 19.3 Å². The highest BCUT2D eigenvalue weighted by Crippen LogP contribution is 2.57. The van der Waals surface area contributed by atoms with Gasteiger partial charge in [-0.1, -0.05) is 26.7 Å². The summed E-state index contributed by atoms with van der Waals surface area (Å²) in [4.78, 5) is 21.1. The fraction of sp³-hybridized carbons (Fsp3) is 0.733. The molecular formula is C15H26N4O. The summed E-state index contributed by atoms with van der Waals surface area (Å²) in [6, 6.07) is -0.0212. The second kappa shape index (κ2) is 5.85. The Hall–Kier alpha value is -1.52. The molecule has 0 saturated heterocycles. The van der Waals surface area contributed by atoms with Crippen LogP contribution in [0.4, 0.5) is 4.79 Å². The van der Waals surface area contributed by atoms with Gasteiger partial charge in [-0.3, -0.25) is 0 Å². The average Bonchev–Trinajstić information content (AvgIpc) is 3.02. The largest absolute Gasteiger partial charge is 0.345 e. The van der Waals surface area contributed by atoms with Gasteiger partial charge >= 0.3 is 6.03 Å². The molecule has 2 amide bonds. The quantitative estimate of drug-likeness (QED) is 0.840. The maximum atomic E-state index is 12.0. The molecule has 0 aromatic carbocycles. The van der Waals surface area contributed by atoms with Crippen LogP contribution >= 0.6 is 0 Å². The van der Waals surface area contributed by atoms with Crippen molar-refractivity contribution in [3.05, 3.63) is 17.7 Å². The van der Waals surface area contributed by atoms with E-state index in [-0.39, 0.29) is 6.03 Å². The van der Waals surface area contributed by atoms with Crippen molar-refractivity contribution in [3.8, 4) is 0 Å². The van der Waals surface area contributed by atoms with Crippen molar-refractivity contribution in [2.45, 2.75) is 46.6 Å². The molecule has 1 aromatic rings. The van der Waals surface area contributed by atoms with Crippen molar-refractivity contribution in [2.24, 2.45) is 11.3 Å². The van der Waals surface area contributed by atoms with Gasteiger partial charge in [0.2, 0.25) is 0 Å². The predicted molar refractivity (Wildman–Crippen MR) is 79.3 cm³/mol. The molecule has 0 spiro atoms. The maximum Gasteiger partial charge on any atom is 0.317 e. The number of rotatable bonds is 6. The first-order valence-electron chi connectivity index (χ1n) is 7.50. The highest BCUT2D eigenvalue weighted by Gasteiger charge is 2.50. The number of carbonyl (C=O) groups is 1. The van der Waals surface area contributed by atoms with Crippen LogP contribution in [0.2, 0.25) is 0 Å². The van der Waals surface area contributed by atoms with Gasteiger partial charge in [-0.2, -0.15) is 0 Å². The zero-order chi connectivity index (χ0) is 14.8. The number of aromatic nitrogens is 2. The number of nitrogens with one attached hydrogen (secondary N) is 2. The van der Waals surface area contributed by atoms with Gasteiger partial charge in [-0.05, 0) is 24.7 Å². The molecular weight excluding hydrogens is 252 g/mol. The normalized spacial score (nSPS) is 19.7. The summed E-state index contributed by atoms with van der Waals surface area (Å²) in [6.07, 6.45) is 5.46. The monoisotopic (exact) mass is 278 g/mol. The van der Waals surface area contributed by atoms with E-state index in [2.05, 4.69) is 29.1 Å². The first kappa shape index (κ1) is 14.9. The molecule has 1 aliphatic carbocycles. The van der Waals surface area contributed by atoms with Crippen molar-refractivity contribution in [1.82, 2.24) is 20.2 Å². The smallest absolute Gasteiger partial charge is 0.317 e. The van der Waals surface area contributed by atoms with Gasteiger partial charge in [0, 0.05) is 25.5 Å². The molecule has 0 aliphatic heterocycles. The molecule has 0 radical (unpaired) electrons. The van der Waals surface area contributed by atoms with Crippen LogP contribution in [0.3, 0.4) is 0 Å². The van der Waals surface area contributed by atoms with Crippen molar-refractivity contribution in [3.63, 3.8) is 0 Å².